The second-order valence-electron chi connectivity index (χ2n) is 5.65. The molecule has 3 fully saturated rings. The minimum absolute atomic E-state index is 0.0960. The Labute approximate surface area is 100 Å². The molecule has 5 heteroatoms. The summed E-state index contributed by atoms with van der Waals surface area (Å²) in [5, 5.41) is 10.2. The van der Waals surface area contributed by atoms with Crippen molar-refractivity contribution in [1.29, 1.82) is 0 Å². The molecular formula is C12H18O5. The highest BCUT2D eigenvalue weighted by atomic mass is 16.8. The fraction of sp³-hybridized carbons (Fsp3) is 0.917. The molecule has 5 nitrogen and oxygen atoms in total. The van der Waals surface area contributed by atoms with Crippen LogP contribution in [0.1, 0.15) is 27.2 Å². The van der Waals surface area contributed by atoms with Gasteiger partial charge in [0.1, 0.15) is 24.1 Å². The van der Waals surface area contributed by atoms with E-state index in [1.165, 1.54) is 0 Å². The monoisotopic (exact) mass is 242 g/mol. The fourth-order valence-corrected chi connectivity index (χ4v) is 3.21. The standard InChI is InChI=1S/C12H18O5/c1-5(13)6-4-7-8(14)10-11(9(6)15-7)17-12(2,3)16-10/h6-11,14H,4H2,1-3H3/t6-,7-,8-,9+,10+,11-/m1/s1. The van der Waals surface area contributed by atoms with Crippen LogP contribution in [0, 0.1) is 5.92 Å². The second kappa shape index (κ2) is 3.51. The Kier molecular flexibility index (Phi) is 2.39. The lowest BCUT2D eigenvalue weighted by atomic mass is 9.93. The molecular weight excluding hydrogens is 224 g/mol. The summed E-state index contributed by atoms with van der Waals surface area (Å²) >= 11 is 0. The van der Waals surface area contributed by atoms with E-state index < -0.39 is 11.9 Å². The largest absolute Gasteiger partial charge is 0.388 e. The van der Waals surface area contributed by atoms with Gasteiger partial charge in [0.25, 0.3) is 0 Å². The van der Waals surface area contributed by atoms with E-state index in [2.05, 4.69) is 0 Å². The van der Waals surface area contributed by atoms with Crippen LogP contribution < -0.4 is 0 Å². The normalized spacial score (nSPS) is 51.3. The number of ketones is 1. The Morgan fingerprint density at radius 3 is 2.53 bits per heavy atom. The van der Waals surface area contributed by atoms with Gasteiger partial charge in [-0.1, -0.05) is 0 Å². The molecule has 96 valence electrons. The Bertz CT molecular complexity index is 353. The van der Waals surface area contributed by atoms with Gasteiger partial charge in [0, 0.05) is 5.92 Å². The lowest BCUT2D eigenvalue weighted by Gasteiger charge is -2.34. The molecule has 17 heavy (non-hydrogen) atoms. The van der Waals surface area contributed by atoms with Gasteiger partial charge >= 0.3 is 0 Å². The van der Waals surface area contributed by atoms with Crippen molar-refractivity contribution in [3.63, 3.8) is 0 Å². The number of carbonyl (C=O) groups is 1. The summed E-state index contributed by atoms with van der Waals surface area (Å²) in [6, 6.07) is 0. The Morgan fingerprint density at radius 2 is 1.88 bits per heavy atom. The predicted octanol–water partition coefficient (Wildman–Crippen LogP) is 0.244. The molecule has 3 aliphatic heterocycles. The van der Waals surface area contributed by atoms with Crippen molar-refractivity contribution >= 4 is 5.78 Å². The topological polar surface area (TPSA) is 65.0 Å². The first-order valence-electron chi connectivity index (χ1n) is 6.09. The van der Waals surface area contributed by atoms with E-state index in [1.54, 1.807) is 6.92 Å². The average molecular weight is 242 g/mol. The van der Waals surface area contributed by atoms with Crippen molar-refractivity contribution in [1.82, 2.24) is 0 Å². The molecule has 0 amide bonds. The molecule has 0 saturated carbocycles. The lowest BCUT2D eigenvalue weighted by Crippen LogP contribution is -2.52. The number of aliphatic hydroxyl groups is 1. The van der Waals surface area contributed by atoms with E-state index in [-0.39, 0.29) is 36.1 Å². The summed E-state index contributed by atoms with van der Waals surface area (Å²) in [5.74, 6) is -0.799. The van der Waals surface area contributed by atoms with E-state index in [1.807, 2.05) is 13.8 Å². The molecule has 3 heterocycles. The number of fused-ring (bicyclic) bond motifs is 4. The minimum atomic E-state index is -0.717. The van der Waals surface area contributed by atoms with Crippen molar-refractivity contribution in [2.45, 2.75) is 63.5 Å². The molecule has 0 spiro atoms. The van der Waals surface area contributed by atoms with E-state index in [0.717, 1.165) is 0 Å². The number of rotatable bonds is 1. The number of hydrogen-bond donors (Lipinski definition) is 1. The van der Waals surface area contributed by atoms with Crippen LogP contribution in [-0.2, 0) is 19.0 Å². The zero-order chi connectivity index (χ0) is 12.4. The maximum Gasteiger partial charge on any atom is 0.164 e. The third-order valence-corrected chi connectivity index (χ3v) is 3.94. The van der Waals surface area contributed by atoms with Crippen LogP contribution in [-0.4, -0.2) is 47.2 Å². The van der Waals surface area contributed by atoms with Gasteiger partial charge in [0.05, 0.1) is 12.2 Å². The summed E-state index contributed by atoms with van der Waals surface area (Å²) in [5.41, 5.74) is 0. The highest BCUT2D eigenvalue weighted by molar-refractivity contribution is 5.79. The van der Waals surface area contributed by atoms with E-state index in [4.69, 9.17) is 14.2 Å². The van der Waals surface area contributed by atoms with Gasteiger partial charge in [-0.3, -0.25) is 4.79 Å². The van der Waals surface area contributed by atoms with E-state index in [9.17, 15) is 9.90 Å². The summed E-state index contributed by atoms with van der Waals surface area (Å²) in [6.45, 7) is 5.19. The zero-order valence-corrected chi connectivity index (χ0v) is 10.3. The molecule has 2 bridgehead atoms. The van der Waals surface area contributed by atoms with Gasteiger partial charge in [0.15, 0.2) is 5.79 Å². The number of aliphatic hydroxyl groups excluding tert-OH is 1. The molecule has 0 aliphatic carbocycles. The van der Waals surface area contributed by atoms with Crippen LogP contribution in [0.2, 0.25) is 0 Å². The van der Waals surface area contributed by atoms with Crippen LogP contribution in [0.15, 0.2) is 0 Å². The number of Topliss-reactive ketones (excluding diaryl/α,β-unsaturated/α-hetero) is 1. The maximum atomic E-state index is 11.6. The van der Waals surface area contributed by atoms with Crippen molar-refractivity contribution in [2.75, 3.05) is 0 Å². The molecule has 6 atom stereocenters. The highest BCUT2D eigenvalue weighted by Gasteiger charge is 2.60. The predicted molar refractivity (Wildman–Crippen MR) is 57.3 cm³/mol. The highest BCUT2D eigenvalue weighted by Crippen LogP contribution is 2.45. The van der Waals surface area contributed by atoms with Gasteiger partial charge < -0.3 is 19.3 Å². The first-order valence-corrected chi connectivity index (χ1v) is 6.09. The molecule has 1 N–H and O–H groups in total. The van der Waals surface area contributed by atoms with Crippen molar-refractivity contribution in [3.8, 4) is 0 Å². The fourth-order valence-electron chi connectivity index (χ4n) is 3.21. The quantitative estimate of drug-likeness (QED) is 0.713. The van der Waals surface area contributed by atoms with E-state index >= 15 is 0 Å². The van der Waals surface area contributed by atoms with Gasteiger partial charge in [-0.2, -0.15) is 0 Å². The maximum absolute atomic E-state index is 11.6. The summed E-state index contributed by atoms with van der Waals surface area (Å²) < 4.78 is 17.2. The third-order valence-electron chi connectivity index (χ3n) is 3.94. The molecule has 0 aromatic heterocycles. The summed E-state index contributed by atoms with van der Waals surface area (Å²) in [7, 11) is 0. The Balaban J connectivity index is 1.90. The SMILES string of the molecule is CC(=O)[C@H]1C[C@H]2O[C@@H]1[C@H]1OC(C)(C)O[C@H]1[C@@H]2O. The number of ether oxygens (including phenoxy) is 3. The zero-order valence-electron chi connectivity index (χ0n) is 10.3. The average Bonchev–Trinajstić information content (AvgIpc) is 2.74. The second-order valence-corrected chi connectivity index (χ2v) is 5.65. The third kappa shape index (κ3) is 1.64. The van der Waals surface area contributed by atoms with Gasteiger partial charge in [-0.15, -0.1) is 0 Å². The number of carbonyl (C=O) groups excluding carboxylic acids is 1. The molecule has 3 aliphatic rings. The first kappa shape index (κ1) is 11.6. The van der Waals surface area contributed by atoms with E-state index in [0.29, 0.717) is 6.42 Å². The summed E-state index contributed by atoms with van der Waals surface area (Å²) in [6.07, 6.45) is -1.42. The van der Waals surface area contributed by atoms with Crippen LogP contribution in [0.5, 0.6) is 0 Å². The van der Waals surface area contributed by atoms with Crippen molar-refractivity contribution in [2.24, 2.45) is 5.92 Å². The molecule has 0 aromatic carbocycles. The number of hydrogen-bond acceptors (Lipinski definition) is 5. The van der Waals surface area contributed by atoms with Crippen molar-refractivity contribution in [3.05, 3.63) is 0 Å². The van der Waals surface area contributed by atoms with Crippen LogP contribution >= 0.6 is 0 Å². The molecule has 0 unspecified atom stereocenters. The first-order chi connectivity index (χ1) is 7.89. The van der Waals surface area contributed by atoms with Crippen LogP contribution in [0.3, 0.4) is 0 Å². The van der Waals surface area contributed by atoms with Gasteiger partial charge in [0.2, 0.25) is 0 Å². The smallest absolute Gasteiger partial charge is 0.164 e. The lowest BCUT2D eigenvalue weighted by molar-refractivity contribution is -0.160. The molecule has 0 aromatic rings. The molecule has 3 rings (SSSR count). The van der Waals surface area contributed by atoms with Gasteiger partial charge in [-0.05, 0) is 27.2 Å². The Morgan fingerprint density at radius 1 is 1.24 bits per heavy atom. The van der Waals surface area contributed by atoms with Crippen LogP contribution in [0.4, 0.5) is 0 Å². The minimum Gasteiger partial charge on any atom is -0.388 e. The molecule has 3 saturated heterocycles. The molecule has 0 radical (unpaired) electrons. The van der Waals surface area contributed by atoms with Crippen molar-refractivity contribution < 1.29 is 24.1 Å². The van der Waals surface area contributed by atoms with Gasteiger partial charge in [-0.25, -0.2) is 0 Å². The summed E-state index contributed by atoms with van der Waals surface area (Å²) in [4.78, 5) is 11.6. The Hall–Kier alpha value is -0.490. The van der Waals surface area contributed by atoms with Crippen LogP contribution in [0.25, 0.3) is 0 Å².